The van der Waals surface area contributed by atoms with Gasteiger partial charge in [-0.05, 0) is 29.3 Å². The number of benzene rings is 2. The van der Waals surface area contributed by atoms with Crippen LogP contribution in [0.1, 0.15) is 16.7 Å². The molecule has 1 heterocycles. The van der Waals surface area contributed by atoms with Crippen LogP contribution in [0.5, 0.6) is 11.5 Å². The maximum atomic E-state index is 13.3. The Balaban J connectivity index is 1.98. The van der Waals surface area contributed by atoms with Crippen LogP contribution in [-0.4, -0.2) is 44.8 Å². The fourth-order valence-electron chi connectivity index (χ4n) is 3.30. The van der Waals surface area contributed by atoms with Gasteiger partial charge in [-0.3, -0.25) is 4.79 Å². The fraction of sp³-hybridized carbons (Fsp3) is 0.273. The van der Waals surface area contributed by atoms with Crippen molar-refractivity contribution in [3.63, 3.8) is 0 Å². The number of methoxy groups -OCH3 is 2. The van der Waals surface area contributed by atoms with Crippen molar-refractivity contribution in [3.05, 3.63) is 65.5 Å². The van der Waals surface area contributed by atoms with Gasteiger partial charge in [-0.1, -0.05) is 12.1 Å². The number of nitrogens with one attached hydrogen (secondary N) is 1. The Hall–Kier alpha value is -3.51. The van der Waals surface area contributed by atoms with Gasteiger partial charge in [0.2, 0.25) is 22.4 Å². The zero-order valence-electron chi connectivity index (χ0n) is 18.5. The molecule has 0 unspecified atom stereocenters. The van der Waals surface area contributed by atoms with Gasteiger partial charge < -0.3 is 15.2 Å². The van der Waals surface area contributed by atoms with Crippen LogP contribution in [0.2, 0.25) is 0 Å². The number of nitrogens with two attached hydrogens (primary N) is 1. The molecular formula is C22H24F2N4O5S. The van der Waals surface area contributed by atoms with Crippen LogP contribution in [0, 0.1) is 0 Å². The second kappa shape index (κ2) is 10.6. The monoisotopic (exact) mass is 494 g/mol. The molecule has 2 aromatic carbocycles. The summed E-state index contributed by atoms with van der Waals surface area (Å²) in [6, 6.07) is 9.23. The minimum absolute atomic E-state index is 0.106. The van der Waals surface area contributed by atoms with Crippen molar-refractivity contribution < 1.29 is 31.5 Å². The zero-order valence-corrected chi connectivity index (χ0v) is 19.3. The Labute approximate surface area is 195 Å². The van der Waals surface area contributed by atoms with Gasteiger partial charge >= 0.3 is 0 Å². The summed E-state index contributed by atoms with van der Waals surface area (Å²) < 4.78 is 66.2. The third-order valence-corrected chi connectivity index (χ3v) is 6.34. The lowest BCUT2D eigenvalue weighted by molar-refractivity contribution is -0.117. The summed E-state index contributed by atoms with van der Waals surface area (Å²) in [5.74, 6) is 0.335. The van der Waals surface area contributed by atoms with E-state index in [0.717, 1.165) is 0 Å². The number of hydrogen-bond donors (Lipinski definition) is 2. The van der Waals surface area contributed by atoms with E-state index in [2.05, 4.69) is 9.82 Å². The van der Waals surface area contributed by atoms with Gasteiger partial charge in [0.25, 0.3) is 0 Å². The standard InChI is InChI=1S/C22H24F2N4O5S/c1-32-17-5-4-16(19(10-17)33-2)12-27-34(30,31)20-7-14(9-22(25)29)3-6-18(20)28-13-15(11-26-28)8-21(23)24/h3-7,10-11,13,21,27H,8-9,12H2,1-2H3,(H2,25,29). The number of carbonyl (C=O) groups excluding carboxylic acids is 1. The van der Waals surface area contributed by atoms with Gasteiger partial charge in [-0.25, -0.2) is 26.6 Å². The molecule has 9 nitrogen and oxygen atoms in total. The van der Waals surface area contributed by atoms with Crippen LogP contribution in [0.15, 0.2) is 53.7 Å². The number of halogens is 2. The lowest BCUT2D eigenvalue weighted by atomic mass is 10.1. The predicted molar refractivity (Wildman–Crippen MR) is 120 cm³/mol. The molecule has 1 amide bonds. The first-order chi connectivity index (χ1) is 16.1. The average Bonchev–Trinajstić information content (AvgIpc) is 3.24. The molecule has 3 aromatic rings. The SMILES string of the molecule is COc1ccc(CNS(=O)(=O)c2cc(CC(N)=O)ccc2-n2cc(CC(F)F)cn2)c(OC)c1. The number of amides is 1. The largest absolute Gasteiger partial charge is 0.497 e. The maximum Gasteiger partial charge on any atom is 0.243 e. The van der Waals surface area contributed by atoms with Crippen molar-refractivity contribution in [3.8, 4) is 17.2 Å². The van der Waals surface area contributed by atoms with E-state index in [1.807, 2.05) is 0 Å². The topological polar surface area (TPSA) is 126 Å². The molecule has 0 atom stereocenters. The summed E-state index contributed by atoms with van der Waals surface area (Å²) in [5, 5.41) is 4.03. The summed E-state index contributed by atoms with van der Waals surface area (Å²) in [6.07, 6.45) is -0.682. The second-order valence-electron chi connectivity index (χ2n) is 7.34. The normalized spacial score (nSPS) is 11.6. The van der Waals surface area contributed by atoms with Gasteiger partial charge in [-0.2, -0.15) is 5.10 Å². The van der Waals surface area contributed by atoms with E-state index in [1.165, 1.54) is 49.5 Å². The Bertz CT molecular complexity index is 1280. The smallest absolute Gasteiger partial charge is 0.243 e. The number of nitrogens with zero attached hydrogens (tertiary/aromatic N) is 2. The number of alkyl halides is 2. The minimum atomic E-state index is -4.15. The number of rotatable bonds is 11. The minimum Gasteiger partial charge on any atom is -0.497 e. The molecule has 0 aliphatic rings. The maximum absolute atomic E-state index is 13.3. The van der Waals surface area contributed by atoms with Crippen LogP contribution >= 0.6 is 0 Å². The molecule has 182 valence electrons. The highest BCUT2D eigenvalue weighted by molar-refractivity contribution is 7.89. The zero-order chi connectivity index (χ0) is 24.9. The molecule has 34 heavy (non-hydrogen) atoms. The van der Waals surface area contributed by atoms with Crippen molar-refractivity contribution in [2.45, 2.75) is 30.7 Å². The van der Waals surface area contributed by atoms with E-state index in [4.69, 9.17) is 15.2 Å². The quantitative estimate of drug-likeness (QED) is 0.421. The Morgan fingerprint density at radius 2 is 1.91 bits per heavy atom. The van der Waals surface area contributed by atoms with Gasteiger partial charge in [0.1, 0.15) is 16.4 Å². The molecule has 0 saturated heterocycles. The first-order valence-corrected chi connectivity index (χ1v) is 11.5. The van der Waals surface area contributed by atoms with Crippen molar-refractivity contribution in [1.82, 2.24) is 14.5 Å². The molecule has 1 aromatic heterocycles. The molecule has 0 bridgehead atoms. The van der Waals surface area contributed by atoms with Crippen LogP contribution in [0.4, 0.5) is 8.78 Å². The third kappa shape index (κ3) is 6.08. The second-order valence-corrected chi connectivity index (χ2v) is 9.07. The molecule has 12 heteroatoms. The summed E-state index contributed by atoms with van der Waals surface area (Å²) in [4.78, 5) is 11.2. The molecule has 0 fully saturated rings. The van der Waals surface area contributed by atoms with Crippen LogP contribution < -0.4 is 19.9 Å². The van der Waals surface area contributed by atoms with E-state index in [9.17, 15) is 22.0 Å². The summed E-state index contributed by atoms with van der Waals surface area (Å²) >= 11 is 0. The fourth-order valence-corrected chi connectivity index (χ4v) is 4.54. The van der Waals surface area contributed by atoms with Crippen molar-refractivity contribution in [2.24, 2.45) is 5.73 Å². The van der Waals surface area contributed by atoms with E-state index in [0.29, 0.717) is 22.6 Å². The molecule has 3 rings (SSSR count). The van der Waals surface area contributed by atoms with Crippen LogP contribution in [0.25, 0.3) is 5.69 Å². The number of aromatic nitrogens is 2. The molecule has 0 aliphatic heterocycles. The van der Waals surface area contributed by atoms with Gasteiger partial charge in [-0.15, -0.1) is 0 Å². The lowest BCUT2D eigenvalue weighted by Gasteiger charge is -2.15. The Morgan fingerprint density at radius 3 is 2.56 bits per heavy atom. The van der Waals surface area contributed by atoms with Gasteiger partial charge in [0.05, 0.1) is 32.5 Å². The summed E-state index contributed by atoms with van der Waals surface area (Å²) in [5.41, 5.74) is 6.56. The first-order valence-electron chi connectivity index (χ1n) is 10.1. The van der Waals surface area contributed by atoms with Gasteiger partial charge in [0, 0.05) is 30.8 Å². The van der Waals surface area contributed by atoms with Crippen LogP contribution in [0.3, 0.4) is 0 Å². The van der Waals surface area contributed by atoms with Gasteiger partial charge in [0.15, 0.2) is 0 Å². The highest BCUT2D eigenvalue weighted by Crippen LogP contribution is 2.26. The number of sulfonamides is 1. The van der Waals surface area contributed by atoms with Crippen molar-refractivity contribution in [2.75, 3.05) is 14.2 Å². The summed E-state index contributed by atoms with van der Waals surface area (Å²) in [7, 11) is -1.20. The molecular weight excluding hydrogens is 470 g/mol. The molecule has 0 spiro atoms. The lowest BCUT2D eigenvalue weighted by Crippen LogP contribution is -2.25. The molecule has 0 aliphatic carbocycles. The highest BCUT2D eigenvalue weighted by atomic mass is 32.2. The summed E-state index contributed by atoms with van der Waals surface area (Å²) in [6.45, 7) is -0.106. The Kier molecular flexibility index (Phi) is 7.84. The molecule has 0 saturated carbocycles. The number of carbonyl (C=O) groups is 1. The number of hydrogen-bond acceptors (Lipinski definition) is 6. The third-order valence-electron chi connectivity index (χ3n) is 4.91. The number of ether oxygens (including phenoxy) is 2. The Morgan fingerprint density at radius 1 is 1.15 bits per heavy atom. The van der Waals surface area contributed by atoms with Crippen LogP contribution in [-0.2, 0) is 34.2 Å². The molecule has 0 radical (unpaired) electrons. The van der Waals surface area contributed by atoms with E-state index in [1.54, 1.807) is 18.2 Å². The van der Waals surface area contributed by atoms with Crippen molar-refractivity contribution in [1.29, 1.82) is 0 Å². The van der Waals surface area contributed by atoms with Crippen molar-refractivity contribution >= 4 is 15.9 Å². The highest BCUT2D eigenvalue weighted by Gasteiger charge is 2.22. The first kappa shape index (κ1) is 25.1. The predicted octanol–water partition coefficient (Wildman–Crippen LogP) is 2.20. The average molecular weight is 495 g/mol. The van der Waals surface area contributed by atoms with E-state index in [-0.39, 0.29) is 29.1 Å². The van der Waals surface area contributed by atoms with E-state index >= 15 is 0 Å². The molecule has 3 N–H and O–H groups in total. The van der Waals surface area contributed by atoms with E-state index < -0.39 is 28.8 Å². The number of primary amides is 1.